The Kier molecular flexibility index (Phi) is 6.31. The SMILES string of the molecule is COc1ccc(CCN2C(=O)C(Nc3ccccc3C)=C(c3ccc(C)c(C)c3)C2=O)cc1. The van der Waals surface area contributed by atoms with Gasteiger partial charge in [0.1, 0.15) is 11.4 Å². The zero-order valence-corrected chi connectivity index (χ0v) is 19.4. The van der Waals surface area contributed by atoms with E-state index < -0.39 is 0 Å². The third-order valence-electron chi connectivity index (χ3n) is 6.15. The van der Waals surface area contributed by atoms with Crippen LogP contribution in [0.15, 0.2) is 72.4 Å². The number of methoxy groups -OCH3 is 1. The zero-order valence-electron chi connectivity index (χ0n) is 19.4. The number of ether oxygens (including phenoxy) is 1. The first kappa shape index (κ1) is 22.3. The molecule has 1 heterocycles. The van der Waals surface area contributed by atoms with Crippen molar-refractivity contribution in [3.63, 3.8) is 0 Å². The standard InChI is InChI=1S/C28H28N2O3/c1-18-9-12-22(17-20(18)3)25-26(29-24-8-6-5-7-19(24)2)28(32)30(27(25)31)16-15-21-10-13-23(33-4)14-11-21/h5-14,17,29H,15-16H2,1-4H3. The molecule has 3 aromatic rings. The molecule has 1 aliphatic rings. The first-order chi connectivity index (χ1) is 15.9. The number of carbonyl (C=O) groups is 2. The topological polar surface area (TPSA) is 58.6 Å². The molecule has 0 bridgehead atoms. The van der Waals surface area contributed by atoms with E-state index in [0.717, 1.165) is 39.3 Å². The number of nitrogens with one attached hydrogen (secondary N) is 1. The Balaban J connectivity index is 1.67. The highest BCUT2D eigenvalue weighted by Crippen LogP contribution is 2.32. The fraction of sp³-hybridized carbons (Fsp3) is 0.214. The average molecular weight is 441 g/mol. The van der Waals surface area contributed by atoms with Gasteiger partial charge in [-0.05, 0) is 73.2 Å². The minimum Gasteiger partial charge on any atom is -0.497 e. The maximum Gasteiger partial charge on any atom is 0.278 e. The fourth-order valence-electron chi connectivity index (χ4n) is 3.94. The number of nitrogens with zero attached hydrogens (tertiary/aromatic N) is 1. The van der Waals surface area contributed by atoms with E-state index in [1.54, 1.807) is 7.11 Å². The maximum absolute atomic E-state index is 13.5. The second-order valence-electron chi connectivity index (χ2n) is 8.35. The number of benzene rings is 3. The molecule has 1 aliphatic heterocycles. The minimum atomic E-state index is -0.301. The fourth-order valence-corrected chi connectivity index (χ4v) is 3.94. The largest absolute Gasteiger partial charge is 0.497 e. The van der Waals surface area contributed by atoms with Gasteiger partial charge in [0.05, 0.1) is 12.7 Å². The smallest absolute Gasteiger partial charge is 0.278 e. The van der Waals surface area contributed by atoms with E-state index in [9.17, 15) is 9.59 Å². The highest BCUT2D eigenvalue weighted by molar-refractivity contribution is 6.36. The molecule has 0 aliphatic carbocycles. The van der Waals surface area contributed by atoms with Crippen LogP contribution in [0.5, 0.6) is 5.75 Å². The van der Waals surface area contributed by atoms with Crippen molar-refractivity contribution in [3.8, 4) is 5.75 Å². The van der Waals surface area contributed by atoms with Crippen molar-refractivity contribution in [2.24, 2.45) is 0 Å². The van der Waals surface area contributed by atoms with Gasteiger partial charge in [-0.25, -0.2) is 0 Å². The molecule has 168 valence electrons. The van der Waals surface area contributed by atoms with Crippen LogP contribution in [-0.4, -0.2) is 30.4 Å². The highest BCUT2D eigenvalue weighted by Gasteiger charge is 2.39. The Labute approximate surface area is 194 Å². The van der Waals surface area contributed by atoms with Crippen molar-refractivity contribution in [2.45, 2.75) is 27.2 Å². The molecule has 0 saturated heterocycles. The molecule has 2 amide bonds. The Morgan fingerprint density at radius 3 is 2.21 bits per heavy atom. The summed E-state index contributed by atoms with van der Waals surface area (Å²) >= 11 is 0. The van der Waals surface area contributed by atoms with Crippen molar-refractivity contribution in [3.05, 3.63) is 100 Å². The number of carbonyl (C=O) groups excluding carboxylic acids is 2. The van der Waals surface area contributed by atoms with Gasteiger partial charge in [-0.3, -0.25) is 14.5 Å². The van der Waals surface area contributed by atoms with E-state index in [1.807, 2.05) is 87.5 Å². The predicted molar refractivity (Wildman–Crippen MR) is 131 cm³/mol. The van der Waals surface area contributed by atoms with Gasteiger partial charge in [-0.1, -0.05) is 48.5 Å². The Morgan fingerprint density at radius 2 is 1.55 bits per heavy atom. The second-order valence-corrected chi connectivity index (χ2v) is 8.35. The van der Waals surface area contributed by atoms with Crippen LogP contribution in [0.25, 0.3) is 5.57 Å². The van der Waals surface area contributed by atoms with Crippen LogP contribution >= 0.6 is 0 Å². The van der Waals surface area contributed by atoms with Crippen LogP contribution in [0, 0.1) is 20.8 Å². The molecule has 5 nitrogen and oxygen atoms in total. The van der Waals surface area contributed by atoms with E-state index in [1.165, 1.54) is 4.90 Å². The first-order valence-corrected chi connectivity index (χ1v) is 11.0. The monoisotopic (exact) mass is 440 g/mol. The van der Waals surface area contributed by atoms with E-state index in [-0.39, 0.29) is 11.8 Å². The van der Waals surface area contributed by atoms with E-state index in [4.69, 9.17) is 4.74 Å². The van der Waals surface area contributed by atoms with Crippen LogP contribution in [0.1, 0.15) is 27.8 Å². The summed E-state index contributed by atoms with van der Waals surface area (Å²) in [6.07, 6.45) is 0.569. The minimum absolute atomic E-state index is 0.271. The molecular weight excluding hydrogens is 412 g/mol. The summed E-state index contributed by atoms with van der Waals surface area (Å²) in [5, 5.41) is 3.27. The van der Waals surface area contributed by atoms with Crippen molar-refractivity contribution < 1.29 is 14.3 Å². The average Bonchev–Trinajstić information content (AvgIpc) is 3.05. The molecular formula is C28H28N2O3. The molecule has 1 N–H and O–H groups in total. The molecule has 0 fully saturated rings. The van der Waals surface area contributed by atoms with Gasteiger partial charge in [-0.15, -0.1) is 0 Å². The maximum atomic E-state index is 13.5. The van der Waals surface area contributed by atoms with Gasteiger partial charge in [0.25, 0.3) is 11.8 Å². The third-order valence-corrected chi connectivity index (χ3v) is 6.15. The number of rotatable bonds is 7. The van der Waals surface area contributed by atoms with E-state index in [2.05, 4.69) is 5.32 Å². The molecule has 0 saturated carbocycles. The molecule has 3 aromatic carbocycles. The van der Waals surface area contributed by atoms with Gasteiger partial charge >= 0.3 is 0 Å². The quantitative estimate of drug-likeness (QED) is 0.522. The number of hydrogen-bond acceptors (Lipinski definition) is 4. The summed E-state index contributed by atoms with van der Waals surface area (Å²) in [6, 6.07) is 21.3. The summed E-state index contributed by atoms with van der Waals surface area (Å²) in [6.45, 7) is 6.32. The number of anilines is 1. The Morgan fingerprint density at radius 1 is 0.818 bits per heavy atom. The van der Waals surface area contributed by atoms with Gasteiger partial charge in [-0.2, -0.15) is 0 Å². The van der Waals surface area contributed by atoms with Crippen LogP contribution < -0.4 is 10.1 Å². The van der Waals surface area contributed by atoms with Gasteiger partial charge in [0.15, 0.2) is 0 Å². The molecule has 0 radical (unpaired) electrons. The van der Waals surface area contributed by atoms with Crippen LogP contribution in [-0.2, 0) is 16.0 Å². The molecule has 0 atom stereocenters. The van der Waals surface area contributed by atoms with Gasteiger partial charge in [0.2, 0.25) is 0 Å². The summed E-state index contributed by atoms with van der Waals surface area (Å²) in [5.74, 6) is 0.202. The van der Waals surface area contributed by atoms with Gasteiger partial charge < -0.3 is 10.1 Å². The number of aryl methyl sites for hydroxylation is 3. The van der Waals surface area contributed by atoms with E-state index >= 15 is 0 Å². The van der Waals surface area contributed by atoms with E-state index in [0.29, 0.717) is 24.2 Å². The van der Waals surface area contributed by atoms with Crippen LogP contribution in [0.2, 0.25) is 0 Å². The molecule has 4 rings (SSSR count). The van der Waals surface area contributed by atoms with Crippen molar-refractivity contribution >= 4 is 23.1 Å². The summed E-state index contributed by atoms with van der Waals surface area (Å²) in [7, 11) is 1.62. The number of imide groups is 1. The molecule has 33 heavy (non-hydrogen) atoms. The normalized spacial score (nSPS) is 13.6. The summed E-state index contributed by atoms with van der Waals surface area (Å²) in [5.41, 5.74) is 6.55. The van der Waals surface area contributed by atoms with Gasteiger partial charge in [0, 0.05) is 12.2 Å². The number of para-hydroxylation sites is 1. The lowest BCUT2D eigenvalue weighted by molar-refractivity contribution is -0.136. The number of amides is 2. The molecule has 0 aromatic heterocycles. The summed E-state index contributed by atoms with van der Waals surface area (Å²) in [4.78, 5) is 28.3. The Hall–Kier alpha value is -3.86. The molecule has 0 spiro atoms. The lowest BCUT2D eigenvalue weighted by Crippen LogP contribution is -2.34. The van der Waals surface area contributed by atoms with Crippen LogP contribution in [0.4, 0.5) is 5.69 Å². The van der Waals surface area contributed by atoms with Crippen molar-refractivity contribution in [1.82, 2.24) is 4.90 Å². The number of hydrogen-bond donors (Lipinski definition) is 1. The second kappa shape index (κ2) is 9.33. The first-order valence-electron chi connectivity index (χ1n) is 11.0. The predicted octanol–water partition coefficient (Wildman–Crippen LogP) is 5.06. The zero-order chi connectivity index (χ0) is 23.5. The van der Waals surface area contributed by atoms with Crippen molar-refractivity contribution in [1.29, 1.82) is 0 Å². The van der Waals surface area contributed by atoms with Crippen LogP contribution in [0.3, 0.4) is 0 Å². The third kappa shape index (κ3) is 4.53. The Bertz CT molecular complexity index is 1240. The highest BCUT2D eigenvalue weighted by atomic mass is 16.5. The molecule has 0 unspecified atom stereocenters. The lowest BCUT2D eigenvalue weighted by Gasteiger charge is -2.16. The summed E-state index contributed by atoms with van der Waals surface area (Å²) < 4.78 is 5.21. The van der Waals surface area contributed by atoms with Crippen molar-refractivity contribution in [2.75, 3.05) is 19.0 Å². The lowest BCUT2D eigenvalue weighted by atomic mass is 9.99. The molecule has 5 heteroatoms.